The fourth-order valence-electron chi connectivity index (χ4n) is 3.47. The number of benzene rings is 1. The Balaban J connectivity index is 1.57. The number of urea groups is 1. The Kier molecular flexibility index (Phi) is 6.54. The van der Waals surface area contributed by atoms with Crippen LogP contribution >= 0.6 is 0 Å². The Morgan fingerprint density at radius 2 is 1.80 bits per heavy atom. The first kappa shape index (κ1) is 21.5. The number of hydrazine groups is 1. The van der Waals surface area contributed by atoms with Crippen molar-refractivity contribution in [3.63, 3.8) is 0 Å². The zero-order valence-electron chi connectivity index (χ0n) is 16.8. The number of carbonyl (C=O) groups is 1. The van der Waals surface area contributed by atoms with E-state index in [-0.39, 0.29) is 4.90 Å². The summed E-state index contributed by atoms with van der Waals surface area (Å²) in [4.78, 5) is 16.2. The van der Waals surface area contributed by atoms with Crippen LogP contribution in [0, 0.1) is 23.2 Å². The highest BCUT2D eigenvalue weighted by molar-refractivity contribution is 7.89. The fourth-order valence-corrected chi connectivity index (χ4v) is 5.09. The van der Waals surface area contributed by atoms with Gasteiger partial charge in [-0.2, -0.15) is 9.57 Å². The predicted molar refractivity (Wildman–Crippen MR) is 113 cm³/mol. The van der Waals surface area contributed by atoms with E-state index in [0.717, 1.165) is 6.42 Å². The largest absolute Gasteiger partial charge is 0.337 e. The van der Waals surface area contributed by atoms with Gasteiger partial charge in [-0.3, -0.25) is 10.9 Å². The zero-order valence-corrected chi connectivity index (χ0v) is 17.6. The molecule has 30 heavy (non-hydrogen) atoms. The standard InChI is InChI=1S/C20H24N6O3S/c1-14-9-15(2)13-26(12-14)30(28,29)18-7-8-19(22-11-18)24-25-20(27)23-17-5-3-16(10-21)4-6-17/h3-8,11,14-15H,9,12-13H2,1-2H3,(H,22,24)(H2,23,25,27). The van der Waals surface area contributed by atoms with Gasteiger partial charge in [-0.05, 0) is 54.7 Å². The van der Waals surface area contributed by atoms with Gasteiger partial charge in [-0.25, -0.2) is 18.2 Å². The molecule has 2 heterocycles. The summed E-state index contributed by atoms with van der Waals surface area (Å²) in [6, 6.07) is 10.8. The minimum Gasteiger partial charge on any atom is -0.307 e. The summed E-state index contributed by atoms with van der Waals surface area (Å²) in [5, 5.41) is 11.4. The van der Waals surface area contributed by atoms with Crippen LogP contribution in [0.15, 0.2) is 47.5 Å². The SMILES string of the molecule is CC1CC(C)CN(S(=O)(=O)c2ccc(NNC(=O)Nc3ccc(C#N)cc3)nc2)C1. The second kappa shape index (κ2) is 9.11. The summed E-state index contributed by atoms with van der Waals surface area (Å²) in [5.41, 5.74) is 6.06. The minimum absolute atomic E-state index is 0.122. The third kappa shape index (κ3) is 5.25. The summed E-state index contributed by atoms with van der Waals surface area (Å²) in [6.07, 6.45) is 2.30. The topological polar surface area (TPSA) is 127 Å². The van der Waals surface area contributed by atoms with Gasteiger partial charge in [0.15, 0.2) is 0 Å². The lowest BCUT2D eigenvalue weighted by Crippen LogP contribution is -2.42. The number of pyridine rings is 1. The first-order chi connectivity index (χ1) is 14.3. The Morgan fingerprint density at radius 1 is 1.13 bits per heavy atom. The van der Waals surface area contributed by atoms with Gasteiger partial charge < -0.3 is 5.32 Å². The van der Waals surface area contributed by atoms with Gasteiger partial charge >= 0.3 is 6.03 Å². The Morgan fingerprint density at radius 3 is 2.37 bits per heavy atom. The van der Waals surface area contributed by atoms with Crippen LogP contribution in [0.2, 0.25) is 0 Å². The van der Waals surface area contributed by atoms with Crippen molar-refractivity contribution >= 4 is 27.6 Å². The third-order valence-electron chi connectivity index (χ3n) is 4.79. The molecule has 2 aromatic rings. The quantitative estimate of drug-likeness (QED) is 0.629. The number of hydrogen-bond acceptors (Lipinski definition) is 6. The summed E-state index contributed by atoms with van der Waals surface area (Å²) in [5.74, 6) is 0.928. The summed E-state index contributed by atoms with van der Waals surface area (Å²) >= 11 is 0. The molecule has 0 aliphatic carbocycles. The van der Waals surface area contributed by atoms with Crippen LogP contribution in [-0.4, -0.2) is 36.8 Å². The molecule has 3 N–H and O–H groups in total. The lowest BCUT2D eigenvalue weighted by atomic mass is 9.94. The number of aromatic nitrogens is 1. The number of nitrogens with zero attached hydrogens (tertiary/aromatic N) is 3. The molecule has 1 saturated heterocycles. The molecule has 3 rings (SSSR count). The van der Waals surface area contributed by atoms with Crippen LogP contribution in [0.5, 0.6) is 0 Å². The Hall–Kier alpha value is -3.16. The maximum Gasteiger partial charge on any atom is 0.337 e. The minimum atomic E-state index is -3.60. The molecule has 9 nitrogen and oxygen atoms in total. The van der Waals surface area contributed by atoms with Crippen molar-refractivity contribution in [2.75, 3.05) is 23.8 Å². The molecular weight excluding hydrogens is 404 g/mol. The van der Waals surface area contributed by atoms with Crippen molar-refractivity contribution in [2.45, 2.75) is 25.2 Å². The molecule has 2 atom stereocenters. The third-order valence-corrected chi connectivity index (χ3v) is 6.60. The molecule has 0 spiro atoms. The molecular formula is C20H24N6O3S. The monoisotopic (exact) mass is 428 g/mol. The Bertz CT molecular complexity index is 1020. The van der Waals surface area contributed by atoms with E-state index in [1.165, 1.54) is 22.6 Å². The molecule has 1 aliphatic rings. The smallest absolute Gasteiger partial charge is 0.307 e. The molecule has 2 unspecified atom stereocenters. The fraction of sp³-hybridized carbons (Fsp3) is 0.350. The number of nitrogens with one attached hydrogen (secondary N) is 3. The molecule has 1 aromatic carbocycles. The number of carbonyl (C=O) groups excluding carboxylic acids is 1. The van der Waals surface area contributed by atoms with Gasteiger partial charge in [0.2, 0.25) is 10.0 Å². The number of rotatable bonds is 5. The van der Waals surface area contributed by atoms with Crippen LogP contribution in [0.4, 0.5) is 16.3 Å². The number of amides is 2. The number of sulfonamides is 1. The van der Waals surface area contributed by atoms with Crippen molar-refractivity contribution in [1.82, 2.24) is 14.7 Å². The lowest BCUT2D eigenvalue weighted by molar-refractivity contribution is 0.222. The molecule has 2 amide bonds. The summed E-state index contributed by atoms with van der Waals surface area (Å²) < 4.78 is 27.3. The molecule has 0 bridgehead atoms. The first-order valence-electron chi connectivity index (χ1n) is 9.57. The summed E-state index contributed by atoms with van der Waals surface area (Å²) in [6.45, 7) is 5.11. The maximum absolute atomic E-state index is 12.9. The summed E-state index contributed by atoms with van der Waals surface area (Å²) in [7, 11) is -3.60. The highest BCUT2D eigenvalue weighted by Gasteiger charge is 2.31. The van der Waals surface area contributed by atoms with Crippen molar-refractivity contribution in [1.29, 1.82) is 5.26 Å². The number of piperidine rings is 1. The average Bonchev–Trinajstić information content (AvgIpc) is 2.72. The van der Waals surface area contributed by atoms with Crippen LogP contribution < -0.4 is 16.2 Å². The predicted octanol–water partition coefficient (Wildman–Crippen LogP) is 2.77. The average molecular weight is 429 g/mol. The van der Waals surface area contributed by atoms with E-state index in [4.69, 9.17) is 5.26 Å². The molecule has 158 valence electrons. The van der Waals surface area contributed by atoms with Crippen LogP contribution in [0.3, 0.4) is 0 Å². The van der Waals surface area contributed by atoms with Gasteiger partial charge in [-0.15, -0.1) is 0 Å². The molecule has 1 aliphatic heterocycles. The van der Waals surface area contributed by atoms with E-state index in [9.17, 15) is 13.2 Å². The van der Waals surface area contributed by atoms with Crippen molar-refractivity contribution in [3.05, 3.63) is 48.2 Å². The zero-order chi connectivity index (χ0) is 21.7. The van der Waals surface area contributed by atoms with E-state index >= 15 is 0 Å². The number of anilines is 2. The van der Waals surface area contributed by atoms with E-state index in [2.05, 4.69) is 35.0 Å². The normalized spacial score (nSPS) is 19.5. The van der Waals surface area contributed by atoms with Crippen molar-refractivity contribution < 1.29 is 13.2 Å². The second-order valence-corrected chi connectivity index (χ2v) is 9.48. The number of nitriles is 1. The van der Waals surface area contributed by atoms with E-state index in [0.29, 0.717) is 42.0 Å². The molecule has 1 fully saturated rings. The molecule has 0 radical (unpaired) electrons. The van der Waals surface area contributed by atoms with Crippen molar-refractivity contribution in [3.8, 4) is 6.07 Å². The van der Waals surface area contributed by atoms with Gasteiger partial charge in [0, 0.05) is 25.0 Å². The van der Waals surface area contributed by atoms with Gasteiger partial charge in [0.05, 0.1) is 11.6 Å². The first-order valence-corrected chi connectivity index (χ1v) is 11.0. The van der Waals surface area contributed by atoms with E-state index in [1.54, 1.807) is 24.3 Å². The van der Waals surface area contributed by atoms with Gasteiger partial charge in [0.25, 0.3) is 0 Å². The highest BCUT2D eigenvalue weighted by atomic mass is 32.2. The molecule has 1 aromatic heterocycles. The molecule has 0 saturated carbocycles. The highest BCUT2D eigenvalue weighted by Crippen LogP contribution is 2.26. The van der Waals surface area contributed by atoms with E-state index < -0.39 is 16.1 Å². The van der Waals surface area contributed by atoms with Crippen LogP contribution in [-0.2, 0) is 10.0 Å². The maximum atomic E-state index is 12.9. The lowest BCUT2D eigenvalue weighted by Gasteiger charge is -2.33. The number of hydrogen-bond donors (Lipinski definition) is 3. The van der Waals surface area contributed by atoms with Crippen LogP contribution in [0.25, 0.3) is 0 Å². The Labute approximate surface area is 176 Å². The van der Waals surface area contributed by atoms with Crippen molar-refractivity contribution in [2.24, 2.45) is 11.8 Å². The second-order valence-electron chi connectivity index (χ2n) is 7.54. The van der Waals surface area contributed by atoms with Gasteiger partial charge in [0.1, 0.15) is 10.7 Å². The van der Waals surface area contributed by atoms with Crippen LogP contribution in [0.1, 0.15) is 25.8 Å². The van der Waals surface area contributed by atoms with E-state index in [1.807, 2.05) is 6.07 Å². The van der Waals surface area contributed by atoms with Gasteiger partial charge in [-0.1, -0.05) is 13.8 Å². The molecule has 10 heteroatoms.